The van der Waals surface area contributed by atoms with Crippen LogP contribution in [0.2, 0.25) is 0 Å². The number of aliphatic carboxylic acids is 4. The van der Waals surface area contributed by atoms with Crippen LogP contribution in [0.5, 0.6) is 11.5 Å². The third-order valence-electron chi connectivity index (χ3n) is 8.07. The summed E-state index contributed by atoms with van der Waals surface area (Å²) in [4.78, 5) is 74.5. The molecule has 16 nitrogen and oxygen atoms in total. The highest BCUT2D eigenvalue weighted by Crippen LogP contribution is 2.47. The Bertz CT molecular complexity index is 2340. The summed E-state index contributed by atoms with van der Waals surface area (Å²) in [6, 6.07) is 15.1. The summed E-state index contributed by atoms with van der Waals surface area (Å²) in [5.74, 6) is -6.42. The molecule has 0 saturated carbocycles. The fraction of sp³-hybridized carbons (Fsp3) is 0.189. The molecule has 55 heavy (non-hydrogen) atoms. The van der Waals surface area contributed by atoms with Crippen molar-refractivity contribution in [2.45, 2.75) is 6.92 Å². The van der Waals surface area contributed by atoms with E-state index >= 15 is 0 Å². The van der Waals surface area contributed by atoms with Gasteiger partial charge in [-0.2, -0.15) is 0 Å². The van der Waals surface area contributed by atoms with Crippen LogP contribution in [0.15, 0.2) is 78.8 Å². The normalized spacial score (nSPS) is 11.0. The minimum atomic E-state index is -1.37. The smallest absolute Gasteiger partial charge is 0.336 e. The Kier molecular flexibility index (Phi) is 12.3. The summed E-state index contributed by atoms with van der Waals surface area (Å²) < 4.78 is 18.4. The van der Waals surface area contributed by atoms with E-state index in [0.717, 1.165) is 9.80 Å². The van der Waals surface area contributed by atoms with Crippen LogP contribution < -0.4 is 24.7 Å². The fourth-order valence-corrected chi connectivity index (χ4v) is 7.10. The van der Waals surface area contributed by atoms with E-state index in [4.69, 9.17) is 13.9 Å². The molecular weight excluding hydrogens is 856 g/mol. The SMILES string of the molecule is Cc1ccc(N(CC(=O)O)CC(=O)O)c(OCCOc2cc3c(-c4ccccc4C(=O)O)c4cc(Br)c(=O)c(Br)c-4oc3cc2N(CC(=O)O)CC(=O)O)c1. The predicted molar refractivity (Wildman–Crippen MR) is 204 cm³/mol. The molecule has 286 valence electrons. The Labute approximate surface area is 327 Å². The topological polar surface area (TPSA) is 242 Å². The molecule has 5 N–H and O–H groups in total. The molecule has 0 radical (unpaired) electrons. The standard InChI is InChI=1S/C37H30Br2N2O14/c1-18-6-7-24(40(14-29(42)43)15-30(44)45)27(10-18)53-8-9-54-28-12-21-26(13-25(28)41(16-31(46)47)17-32(48)49)55-36-22(11-23(38)35(50)34(36)39)33(21)19-4-2-3-5-20(19)37(51)52/h2-7,10-13H,8-9,14-17H2,1H3,(H,42,43)(H,44,45)(H,46,47)(H,48,49)(H,51,52). The lowest BCUT2D eigenvalue weighted by Crippen LogP contribution is -2.35. The van der Waals surface area contributed by atoms with Crippen LogP contribution in [-0.2, 0) is 19.2 Å². The van der Waals surface area contributed by atoms with Gasteiger partial charge in [0, 0.05) is 22.6 Å². The van der Waals surface area contributed by atoms with Crippen LogP contribution in [0.4, 0.5) is 11.4 Å². The van der Waals surface area contributed by atoms with Crippen molar-refractivity contribution in [2.24, 2.45) is 0 Å². The number of ether oxygens (including phenoxy) is 2. The van der Waals surface area contributed by atoms with Crippen LogP contribution in [0.3, 0.4) is 0 Å². The minimum Gasteiger partial charge on any atom is -0.488 e. The number of anilines is 2. The van der Waals surface area contributed by atoms with Crippen molar-refractivity contribution in [2.75, 3.05) is 49.2 Å². The first-order chi connectivity index (χ1) is 26.0. The maximum absolute atomic E-state index is 13.0. The Hall–Kier alpha value is -6.14. The second kappa shape index (κ2) is 16.9. The van der Waals surface area contributed by atoms with Gasteiger partial charge in [-0.1, -0.05) is 24.3 Å². The number of aromatic carboxylic acids is 1. The van der Waals surface area contributed by atoms with Crippen molar-refractivity contribution < 1.29 is 63.4 Å². The summed E-state index contributed by atoms with van der Waals surface area (Å²) in [7, 11) is 0. The number of aryl methyl sites for hydroxylation is 1. The van der Waals surface area contributed by atoms with Gasteiger partial charge in [0.1, 0.15) is 60.9 Å². The van der Waals surface area contributed by atoms with Crippen LogP contribution >= 0.6 is 31.9 Å². The predicted octanol–water partition coefficient (Wildman–Crippen LogP) is 5.51. The van der Waals surface area contributed by atoms with Crippen LogP contribution in [0.25, 0.3) is 33.4 Å². The lowest BCUT2D eigenvalue weighted by molar-refractivity contribution is -0.138. The van der Waals surface area contributed by atoms with Crippen molar-refractivity contribution in [1.29, 1.82) is 0 Å². The van der Waals surface area contributed by atoms with Crippen molar-refractivity contribution in [3.8, 4) is 33.9 Å². The Morgan fingerprint density at radius 1 is 0.691 bits per heavy atom. The number of carboxylic acid groups (broad SMARTS) is 5. The van der Waals surface area contributed by atoms with E-state index in [0.29, 0.717) is 16.7 Å². The van der Waals surface area contributed by atoms with Crippen LogP contribution in [0, 0.1) is 6.92 Å². The Morgan fingerprint density at radius 3 is 1.80 bits per heavy atom. The summed E-state index contributed by atoms with van der Waals surface area (Å²) >= 11 is 6.54. The maximum atomic E-state index is 13.0. The molecule has 3 aromatic rings. The summed E-state index contributed by atoms with van der Waals surface area (Å²) in [6.45, 7) is -1.59. The van der Waals surface area contributed by atoms with E-state index in [1.807, 2.05) is 0 Å². The zero-order valence-electron chi connectivity index (χ0n) is 28.6. The second-order valence-corrected chi connectivity index (χ2v) is 13.6. The first kappa shape index (κ1) is 40.1. The number of fused-ring (bicyclic) bond motifs is 2. The Morgan fingerprint density at radius 2 is 1.24 bits per heavy atom. The number of benzene rings is 4. The van der Waals surface area contributed by atoms with Gasteiger partial charge in [-0.05, 0) is 80.2 Å². The third kappa shape index (κ3) is 9.15. The van der Waals surface area contributed by atoms with E-state index in [1.165, 1.54) is 36.4 Å². The average Bonchev–Trinajstić information content (AvgIpc) is 3.10. The fourth-order valence-electron chi connectivity index (χ4n) is 5.90. The monoisotopic (exact) mass is 884 g/mol. The van der Waals surface area contributed by atoms with Gasteiger partial charge in [0.15, 0.2) is 5.76 Å². The molecule has 5 rings (SSSR count). The lowest BCUT2D eigenvalue weighted by Gasteiger charge is -2.26. The second-order valence-electron chi connectivity index (χ2n) is 12.0. The molecule has 0 atom stereocenters. The maximum Gasteiger partial charge on any atom is 0.336 e. The van der Waals surface area contributed by atoms with E-state index in [-0.39, 0.29) is 72.9 Å². The summed E-state index contributed by atoms with van der Waals surface area (Å²) in [6.07, 6.45) is 0. The first-order valence-electron chi connectivity index (χ1n) is 16.0. The molecule has 2 aliphatic rings. The van der Waals surface area contributed by atoms with Gasteiger partial charge in [-0.15, -0.1) is 0 Å². The number of nitrogens with zero attached hydrogens (tertiary/aromatic N) is 2. The number of carboxylic acids is 5. The number of rotatable bonds is 17. The molecule has 0 aromatic heterocycles. The van der Waals surface area contributed by atoms with Crippen LogP contribution in [0.1, 0.15) is 15.9 Å². The zero-order chi connectivity index (χ0) is 40.1. The third-order valence-corrected chi connectivity index (χ3v) is 9.38. The van der Waals surface area contributed by atoms with E-state index in [9.17, 15) is 54.3 Å². The van der Waals surface area contributed by atoms with Gasteiger partial charge in [0.05, 0.1) is 21.4 Å². The van der Waals surface area contributed by atoms with Crippen molar-refractivity contribution >= 4 is 84.1 Å². The molecule has 18 heteroatoms. The zero-order valence-corrected chi connectivity index (χ0v) is 31.7. The molecule has 0 fully saturated rings. The lowest BCUT2D eigenvalue weighted by atomic mass is 9.90. The summed E-state index contributed by atoms with van der Waals surface area (Å²) in [5, 5.41) is 48.6. The van der Waals surface area contributed by atoms with E-state index in [1.54, 1.807) is 31.2 Å². The molecule has 0 amide bonds. The molecule has 1 aliphatic carbocycles. The molecule has 0 saturated heterocycles. The molecule has 0 unspecified atom stereocenters. The largest absolute Gasteiger partial charge is 0.488 e. The number of halogens is 2. The van der Waals surface area contributed by atoms with E-state index in [2.05, 4.69) is 31.9 Å². The van der Waals surface area contributed by atoms with Gasteiger partial charge in [0.2, 0.25) is 5.43 Å². The average molecular weight is 886 g/mol. The molecule has 3 aromatic carbocycles. The van der Waals surface area contributed by atoms with Gasteiger partial charge < -0.3 is 49.2 Å². The summed E-state index contributed by atoms with van der Waals surface area (Å²) in [5.41, 5.74) is 1.15. The van der Waals surface area contributed by atoms with E-state index < -0.39 is 61.5 Å². The highest BCUT2D eigenvalue weighted by atomic mass is 79.9. The molecule has 0 spiro atoms. The number of hydrogen-bond acceptors (Lipinski definition) is 11. The molecule has 1 aliphatic heterocycles. The van der Waals surface area contributed by atoms with Crippen LogP contribution in [-0.4, -0.2) is 94.8 Å². The van der Waals surface area contributed by atoms with Gasteiger partial charge in [-0.3, -0.25) is 24.0 Å². The van der Waals surface area contributed by atoms with Gasteiger partial charge in [0.25, 0.3) is 0 Å². The Balaban J connectivity index is 1.67. The highest BCUT2D eigenvalue weighted by Gasteiger charge is 2.28. The van der Waals surface area contributed by atoms with Gasteiger partial charge >= 0.3 is 29.8 Å². The number of hydrogen-bond donors (Lipinski definition) is 5. The first-order valence-corrected chi connectivity index (χ1v) is 17.6. The molecule has 1 heterocycles. The molecule has 0 bridgehead atoms. The number of carbonyl (C=O) groups is 5. The minimum absolute atomic E-state index is 0.000535. The quantitative estimate of drug-likeness (QED) is 0.0572. The van der Waals surface area contributed by atoms with Crippen molar-refractivity contribution in [3.05, 3.63) is 91.0 Å². The van der Waals surface area contributed by atoms with Crippen molar-refractivity contribution in [3.63, 3.8) is 0 Å². The highest BCUT2D eigenvalue weighted by molar-refractivity contribution is 9.11. The van der Waals surface area contributed by atoms with Crippen molar-refractivity contribution in [1.82, 2.24) is 0 Å². The molecular formula is C37H30Br2N2O14. The van der Waals surface area contributed by atoms with Gasteiger partial charge in [-0.25, -0.2) is 4.79 Å².